The van der Waals surface area contributed by atoms with Gasteiger partial charge < -0.3 is 10.5 Å². The molecule has 0 aliphatic heterocycles. The van der Waals surface area contributed by atoms with Crippen molar-refractivity contribution in [2.45, 2.75) is 18.2 Å². The first kappa shape index (κ1) is 13.6. The molecule has 2 N–H and O–H groups in total. The highest BCUT2D eigenvalue weighted by Crippen LogP contribution is 2.23. The van der Waals surface area contributed by atoms with Gasteiger partial charge in [0.05, 0.1) is 13.5 Å². The Morgan fingerprint density at radius 1 is 1.41 bits per heavy atom. The average molecular weight is 253 g/mol. The number of hydrogen-bond donors (Lipinski definition) is 1. The summed E-state index contributed by atoms with van der Waals surface area (Å²) < 4.78 is 4.54. The van der Waals surface area contributed by atoms with Gasteiger partial charge in [0, 0.05) is 21.9 Å². The lowest BCUT2D eigenvalue weighted by Crippen LogP contribution is -2.02. The number of nitrogens with two attached hydrogens (primary N) is 1. The number of rotatable bonds is 5. The van der Waals surface area contributed by atoms with Crippen LogP contribution in [-0.2, 0) is 9.53 Å². The topological polar surface area (TPSA) is 69.4 Å². The van der Waals surface area contributed by atoms with E-state index in [9.17, 15) is 9.59 Å². The van der Waals surface area contributed by atoms with E-state index < -0.39 is 0 Å². The van der Waals surface area contributed by atoms with Gasteiger partial charge in [0.15, 0.2) is 5.78 Å². The molecule has 0 atom stereocenters. The van der Waals surface area contributed by atoms with Crippen LogP contribution in [0.5, 0.6) is 0 Å². The zero-order chi connectivity index (χ0) is 12.8. The van der Waals surface area contributed by atoms with Crippen molar-refractivity contribution in [3.63, 3.8) is 0 Å². The van der Waals surface area contributed by atoms with Gasteiger partial charge in [-0.25, -0.2) is 0 Å². The van der Waals surface area contributed by atoms with Crippen molar-refractivity contribution < 1.29 is 14.3 Å². The largest absolute Gasteiger partial charge is 0.469 e. The lowest BCUT2D eigenvalue weighted by molar-refractivity contribution is -0.140. The monoisotopic (exact) mass is 253 g/mol. The Kier molecular flexibility index (Phi) is 5.03. The molecular formula is C12H15NO3S. The summed E-state index contributed by atoms with van der Waals surface area (Å²) in [5, 5.41) is 0. The summed E-state index contributed by atoms with van der Waals surface area (Å²) in [5.41, 5.74) is 6.69. The molecule has 1 rings (SSSR count). The van der Waals surface area contributed by atoms with Gasteiger partial charge in [0.1, 0.15) is 0 Å². The molecular weight excluding hydrogens is 238 g/mol. The number of carbonyl (C=O) groups is 2. The molecule has 0 aliphatic rings. The molecule has 1 aromatic rings. The number of nitrogen functional groups attached to an aromatic ring is 1. The number of ketones is 1. The minimum atomic E-state index is -0.236. The van der Waals surface area contributed by atoms with Gasteiger partial charge in [0.2, 0.25) is 0 Å². The molecule has 0 aromatic heterocycles. The van der Waals surface area contributed by atoms with Crippen molar-refractivity contribution >= 4 is 29.2 Å². The third kappa shape index (κ3) is 4.11. The maximum Gasteiger partial charge on any atom is 0.306 e. The van der Waals surface area contributed by atoms with Crippen LogP contribution in [0.25, 0.3) is 0 Å². The van der Waals surface area contributed by atoms with Crippen molar-refractivity contribution in [3.8, 4) is 0 Å². The van der Waals surface area contributed by atoms with E-state index in [-0.39, 0.29) is 11.8 Å². The van der Waals surface area contributed by atoms with Crippen LogP contribution in [0.3, 0.4) is 0 Å². The first-order chi connectivity index (χ1) is 8.04. The predicted octanol–water partition coefficient (Wildman–Crippen LogP) is 2.13. The van der Waals surface area contributed by atoms with Gasteiger partial charge in [0.25, 0.3) is 0 Å². The van der Waals surface area contributed by atoms with Crippen LogP contribution in [0.1, 0.15) is 23.7 Å². The summed E-state index contributed by atoms with van der Waals surface area (Å²) in [5.74, 6) is 0.325. The molecule has 0 bridgehead atoms. The second-order valence-electron chi connectivity index (χ2n) is 3.48. The Bertz CT molecular complexity index is 432. The van der Waals surface area contributed by atoms with Gasteiger partial charge in [-0.2, -0.15) is 0 Å². The molecule has 0 unspecified atom stereocenters. The summed E-state index contributed by atoms with van der Waals surface area (Å²) in [6, 6.07) is 5.29. The first-order valence-electron chi connectivity index (χ1n) is 5.14. The maximum absolute atomic E-state index is 11.3. The Morgan fingerprint density at radius 2 is 2.12 bits per heavy atom. The van der Waals surface area contributed by atoms with Gasteiger partial charge in [-0.3, -0.25) is 9.59 Å². The van der Waals surface area contributed by atoms with E-state index in [0.717, 1.165) is 4.90 Å². The summed E-state index contributed by atoms with van der Waals surface area (Å²) in [6.45, 7) is 1.48. The number of ether oxygens (including phenoxy) is 1. The van der Waals surface area contributed by atoms with E-state index in [2.05, 4.69) is 4.74 Å². The summed E-state index contributed by atoms with van der Waals surface area (Å²) >= 11 is 1.50. The highest BCUT2D eigenvalue weighted by atomic mass is 32.2. The summed E-state index contributed by atoms with van der Waals surface area (Å²) in [6.07, 6.45) is 0.348. The van der Waals surface area contributed by atoms with Crippen LogP contribution in [0.15, 0.2) is 23.1 Å². The second-order valence-corrected chi connectivity index (χ2v) is 4.65. The highest BCUT2D eigenvalue weighted by molar-refractivity contribution is 7.99. The van der Waals surface area contributed by atoms with Gasteiger partial charge in [-0.05, 0) is 25.1 Å². The van der Waals surface area contributed by atoms with Gasteiger partial charge >= 0.3 is 5.97 Å². The molecule has 17 heavy (non-hydrogen) atoms. The highest BCUT2D eigenvalue weighted by Gasteiger charge is 2.07. The molecule has 1 aromatic carbocycles. The van der Waals surface area contributed by atoms with Crippen LogP contribution in [-0.4, -0.2) is 24.6 Å². The number of thioether (sulfide) groups is 1. The summed E-state index contributed by atoms with van der Waals surface area (Å²) in [7, 11) is 1.37. The molecule has 5 heteroatoms. The number of methoxy groups -OCH3 is 1. The van der Waals surface area contributed by atoms with Crippen molar-refractivity contribution in [1.29, 1.82) is 0 Å². The predicted molar refractivity (Wildman–Crippen MR) is 68.2 cm³/mol. The van der Waals surface area contributed by atoms with E-state index in [4.69, 9.17) is 5.73 Å². The third-order valence-electron chi connectivity index (χ3n) is 2.21. The Morgan fingerprint density at radius 3 is 2.71 bits per heavy atom. The first-order valence-corrected chi connectivity index (χ1v) is 6.13. The average Bonchev–Trinajstić information content (AvgIpc) is 2.30. The number of hydrogen-bond acceptors (Lipinski definition) is 5. The Hall–Kier alpha value is -1.49. The van der Waals surface area contributed by atoms with Crippen molar-refractivity contribution in [2.75, 3.05) is 18.6 Å². The smallest absolute Gasteiger partial charge is 0.306 e. The van der Waals surface area contributed by atoms with E-state index in [1.807, 2.05) is 6.07 Å². The Balaban J connectivity index is 2.63. The zero-order valence-corrected chi connectivity index (χ0v) is 10.7. The molecule has 0 saturated heterocycles. The fourth-order valence-electron chi connectivity index (χ4n) is 1.28. The minimum absolute atomic E-state index is 0.0575. The van der Waals surface area contributed by atoms with Gasteiger partial charge in [-0.15, -0.1) is 11.8 Å². The minimum Gasteiger partial charge on any atom is -0.469 e. The van der Waals surface area contributed by atoms with Crippen LogP contribution in [0.2, 0.25) is 0 Å². The van der Waals surface area contributed by atoms with E-state index in [1.54, 1.807) is 12.1 Å². The zero-order valence-electron chi connectivity index (χ0n) is 9.86. The fourth-order valence-corrected chi connectivity index (χ4v) is 2.15. The lowest BCUT2D eigenvalue weighted by Gasteiger charge is -2.05. The number of benzene rings is 1. The number of Topliss-reactive ketones (excluding diaryl/α,β-unsaturated/α-hetero) is 1. The second kappa shape index (κ2) is 6.30. The normalized spacial score (nSPS) is 10.0. The molecule has 92 valence electrons. The maximum atomic E-state index is 11.3. The van der Waals surface area contributed by atoms with Crippen LogP contribution in [0, 0.1) is 0 Å². The van der Waals surface area contributed by atoms with Crippen molar-refractivity contribution in [1.82, 2.24) is 0 Å². The molecule has 0 heterocycles. The SMILES string of the molecule is COC(=O)CCSc1ccc(N)c(C(C)=O)c1. The quantitative estimate of drug-likeness (QED) is 0.377. The number of carbonyl (C=O) groups excluding carboxylic acids is 2. The molecule has 0 amide bonds. The molecule has 0 spiro atoms. The summed E-state index contributed by atoms with van der Waals surface area (Å²) in [4.78, 5) is 23.1. The standard InChI is InChI=1S/C12H15NO3S/c1-8(14)10-7-9(3-4-11(10)13)17-6-5-12(15)16-2/h3-4,7H,5-6,13H2,1-2H3. The molecule has 0 fully saturated rings. The molecule has 0 aliphatic carbocycles. The molecule has 0 saturated carbocycles. The van der Waals surface area contributed by atoms with Crippen LogP contribution in [0.4, 0.5) is 5.69 Å². The molecule has 4 nitrogen and oxygen atoms in total. The third-order valence-corrected chi connectivity index (χ3v) is 3.20. The van der Waals surface area contributed by atoms with Crippen LogP contribution < -0.4 is 5.73 Å². The molecule has 0 radical (unpaired) electrons. The van der Waals surface area contributed by atoms with E-state index in [1.165, 1.54) is 25.8 Å². The van der Waals surface area contributed by atoms with E-state index in [0.29, 0.717) is 23.4 Å². The van der Waals surface area contributed by atoms with Crippen molar-refractivity contribution in [2.24, 2.45) is 0 Å². The van der Waals surface area contributed by atoms with E-state index >= 15 is 0 Å². The van der Waals surface area contributed by atoms with Crippen molar-refractivity contribution in [3.05, 3.63) is 23.8 Å². The van der Waals surface area contributed by atoms with Crippen LogP contribution >= 0.6 is 11.8 Å². The van der Waals surface area contributed by atoms with Gasteiger partial charge in [-0.1, -0.05) is 0 Å². The lowest BCUT2D eigenvalue weighted by atomic mass is 10.1. The number of anilines is 1. The Labute approximate surface area is 105 Å². The number of esters is 1. The fraction of sp³-hybridized carbons (Fsp3) is 0.333.